The van der Waals surface area contributed by atoms with Crippen LogP contribution in [0.25, 0.3) is 0 Å². The van der Waals surface area contributed by atoms with E-state index in [2.05, 4.69) is 19.2 Å². The Morgan fingerprint density at radius 2 is 1.95 bits per heavy atom. The Labute approximate surface area is 128 Å². The molecule has 1 aliphatic heterocycles. The molecule has 0 aromatic rings. The van der Waals surface area contributed by atoms with Gasteiger partial charge in [-0.15, -0.1) is 0 Å². The highest BCUT2D eigenvalue weighted by molar-refractivity contribution is 5.83. The van der Waals surface area contributed by atoms with Crippen molar-refractivity contribution in [1.82, 2.24) is 5.32 Å². The van der Waals surface area contributed by atoms with Gasteiger partial charge in [0.2, 0.25) is 0 Å². The fourth-order valence-electron chi connectivity index (χ4n) is 3.23. The van der Waals surface area contributed by atoms with Gasteiger partial charge in [0.15, 0.2) is 0 Å². The lowest BCUT2D eigenvalue weighted by atomic mass is 9.77. The summed E-state index contributed by atoms with van der Waals surface area (Å²) >= 11 is 0. The van der Waals surface area contributed by atoms with Gasteiger partial charge in [-0.2, -0.15) is 0 Å². The molecule has 4 nitrogen and oxygen atoms in total. The Balaban J connectivity index is 2.08. The van der Waals surface area contributed by atoms with Crippen LogP contribution >= 0.6 is 0 Å². The lowest BCUT2D eigenvalue weighted by Crippen LogP contribution is -2.64. The first kappa shape index (κ1) is 16.5. The molecule has 1 N–H and O–H groups in total. The molecule has 0 spiro atoms. The van der Waals surface area contributed by atoms with Crippen molar-refractivity contribution in [2.45, 2.75) is 77.0 Å². The molecule has 0 aromatic carbocycles. The van der Waals surface area contributed by atoms with Crippen LogP contribution in [0, 0.1) is 0 Å². The smallest absolute Gasteiger partial charge is 0.331 e. The van der Waals surface area contributed by atoms with Gasteiger partial charge < -0.3 is 14.8 Å². The number of morpholine rings is 1. The zero-order chi connectivity index (χ0) is 15.7. The minimum atomic E-state index is -0.435. The number of carbonyl (C=O) groups is 1. The maximum absolute atomic E-state index is 12.0. The summed E-state index contributed by atoms with van der Waals surface area (Å²) in [5, 5.41) is 3.62. The summed E-state index contributed by atoms with van der Waals surface area (Å²) in [5.41, 5.74) is 0.561. The summed E-state index contributed by atoms with van der Waals surface area (Å²) < 4.78 is 11.5. The van der Waals surface area contributed by atoms with Crippen LogP contribution in [0.2, 0.25) is 0 Å². The second kappa shape index (κ2) is 5.73. The molecule has 1 saturated heterocycles. The molecular weight excluding hydrogens is 266 g/mol. The van der Waals surface area contributed by atoms with E-state index in [1.165, 1.54) is 5.57 Å². The van der Waals surface area contributed by atoms with E-state index in [1.807, 2.05) is 20.8 Å². The summed E-state index contributed by atoms with van der Waals surface area (Å²) in [4.78, 5) is 12.0. The van der Waals surface area contributed by atoms with E-state index in [9.17, 15) is 4.79 Å². The molecule has 21 heavy (non-hydrogen) atoms. The maximum atomic E-state index is 12.0. The van der Waals surface area contributed by atoms with E-state index in [-0.39, 0.29) is 17.1 Å². The van der Waals surface area contributed by atoms with Crippen LogP contribution in [0.15, 0.2) is 11.6 Å². The Hall–Kier alpha value is -0.870. The Morgan fingerprint density at radius 3 is 2.62 bits per heavy atom. The molecule has 0 bridgehead atoms. The number of nitrogens with one attached hydrogen (secondary N) is 1. The van der Waals surface area contributed by atoms with Gasteiger partial charge in [-0.1, -0.05) is 5.57 Å². The summed E-state index contributed by atoms with van der Waals surface area (Å²) in [6, 6.07) is 0. The van der Waals surface area contributed by atoms with E-state index in [4.69, 9.17) is 9.47 Å². The zero-order valence-electron chi connectivity index (χ0n) is 14.0. The normalized spacial score (nSPS) is 36.0. The van der Waals surface area contributed by atoms with E-state index in [0.717, 1.165) is 38.8 Å². The fourth-order valence-corrected chi connectivity index (χ4v) is 3.23. The SMILES string of the molecule is CC(C)(C)OC(=O)/C=C1/CCC2(C)NCCOC2(C)CC1. The maximum Gasteiger partial charge on any atom is 0.331 e. The van der Waals surface area contributed by atoms with Crippen LogP contribution in [0.5, 0.6) is 0 Å². The average molecular weight is 295 g/mol. The predicted molar refractivity (Wildman–Crippen MR) is 83.2 cm³/mol. The van der Waals surface area contributed by atoms with Gasteiger partial charge in [0, 0.05) is 18.2 Å². The van der Waals surface area contributed by atoms with E-state index >= 15 is 0 Å². The van der Waals surface area contributed by atoms with Gasteiger partial charge in [0.05, 0.1) is 12.2 Å². The van der Waals surface area contributed by atoms with E-state index in [1.54, 1.807) is 6.08 Å². The second-order valence-corrected chi connectivity index (χ2v) is 7.67. The molecule has 1 aliphatic carbocycles. The van der Waals surface area contributed by atoms with Gasteiger partial charge in [-0.3, -0.25) is 0 Å². The summed E-state index contributed by atoms with van der Waals surface area (Å²) in [6.45, 7) is 11.8. The Kier molecular flexibility index (Phi) is 4.50. The molecule has 2 aliphatic rings. The van der Waals surface area contributed by atoms with Crippen LogP contribution < -0.4 is 5.32 Å². The lowest BCUT2D eigenvalue weighted by molar-refractivity contribution is -0.148. The first-order chi connectivity index (χ1) is 9.64. The quantitative estimate of drug-likeness (QED) is 0.597. The topological polar surface area (TPSA) is 47.6 Å². The third-order valence-electron chi connectivity index (χ3n) is 4.80. The number of fused-ring (bicyclic) bond motifs is 1. The third kappa shape index (κ3) is 3.86. The van der Waals surface area contributed by atoms with E-state index < -0.39 is 5.60 Å². The van der Waals surface area contributed by atoms with Crippen molar-refractivity contribution >= 4 is 5.97 Å². The summed E-state index contributed by atoms with van der Waals surface area (Å²) in [5.74, 6) is -0.230. The molecule has 2 atom stereocenters. The Morgan fingerprint density at radius 1 is 1.29 bits per heavy atom. The molecule has 0 amide bonds. The van der Waals surface area contributed by atoms with Crippen LogP contribution in [-0.2, 0) is 14.3 Å². The highest BCUT2D eigenvalue weighted by Crippen LogP contribution is 2.41. The highest BCUT2D eigenvalue weighted by atomic mass is 16.6. The van der Waals surface area contributed by atoms with Crippen LogP contribution in [-0.4, -0.2) is 35.9 Å². The number of esters is 1. The summed E-state index contributed by atoms with van der Waals surface area (Å²) in [6.07, 6.45) is 5.42. The predicted octanol–water partition coefficient (Wildman–Crippen LogP) is 2.97. The number of ether oxygens (including phenoxy) is 2. The molecule has 0 radical (unpaired) electrons. The monoisotopic (exact) mass is 295 g/mol. The highest BCUT2D eigenvalue weighted by Gasteiger charge is 2.48. The van der Waals surface area contributed by atoms with Crippen molar-refractivity contribution < 1.29 is 14.3 Å². The number of allylic oxidation sites excluding steroid dienone is 1. The van der Waals surface area contributed by atoms with Crippen molar-refractivity contribution in [2.24, 2.45) is 0 Å². The van der Waals surface area contributed by atoms with Crippen molar-refractivity contribution in [2.75, 3.05) is 13.2 Å². The molecule has 0 aromatic heterocycles. The first-order valence-electron chi connectivity index (χ1n) is 7.95. The van der Waals surface area contributed by atoms with Gasteiger partial charge in [0.25, 0.3) is 0 Å². The van der Waals surface area contributed by atoms with Gasteiger partial charge in [0.1, 0.15) is 5.60 Å². The van der Waals surface area contributed by atoms with Gasteiger partial charge >= 0.3 is 5.97 Å². The van der Waals surface area contributed by atoms with Gasteiger partial charge in [-0.25, -0.2) is 4.79 Å². The Bertz CT molecular complexity index is 414. The number of carbonyl (C=O) groups excluding carboxylic acids is 1. The number of hydrogen-bond donors (Lipinski definition) is 1. The summed E-state index contributed by atoms with van der Waals surface area (Å²) in [7, 11) is 0. The van der Waals surface area contributed by atoms with Crippen LogP contribution in [0.3, 0.4) is 0 Å². The number of rotatable bonds is 1. The van der Waals surface area contributed by atoms with Crippen molar-refractivity contribution in [3.63, 3.8) is 0 Å². The third-order valence-corrected chi connectivity index (χ3v) is 4.80. The van der Waals surface area contributed by atoms with Crippen LogP contribution in [0.4, 0.5) is 0 Å². The average Bonchev–Trinajstić information content (AvgIpc) is 2.46. The minimum Gasteiger partial charge on any atom is -0.457 e. The molecule has 2 fully saturated rings. The van der Waals surface area contributed by atoms with Crippen molar-refractivity contribution in [1.29, 1.82) is 0 Å². The second-order valence-electron chi connectivity index (χ2n) is 7.67. The number of hydrogen-bond acceptors (Lipinski definition) is 4. The fraction of sp³-hybridized carbons (Fsp3) is 0.824. The van der Waals surface area contributed by atoms with Gasteiger partial charge in [-0.05, 0) is 60.3 Å². The molecule has 1 heterocycles. The molecule has 2 rings (SSSR count). The largest absolute Gasteiger partial charge is 0.457 e. The first-order valence-corrected chi connectivity index (χ1v) is 7.95. The van der Waals surface area contributed by atoms with E-state index in [0.29, 0.717) is 0 Å². The molecule has 120 valence electrons. The lowest BCUT2D eigenvalue weighted by Gasteiger charge is -2.49. The molecule has 4 heteroatoms. The molecular formula is C17H29NO3. The van der Waals surface area contributed by atoms with Crippen molar-refractivity contribution in [3.05, 3.63) is 11.6 Å². The van der Waals surface area contributed by atoms with Crippen LogP contribution in [0.1, 0.15) is 60.3 Å². The van der Waals surface area contributed by atoms with Crippen molar-refractivity contribution in [3.8, 4) is 0 Å². The molecule has 1 saturated carbocycles. The zero-order valence-corrected chi connectivity index (χ0v) is 14.0. The standard InChI is InChI=1S/C17H29NO3/c1-15(2,3)21-14(19)12-13-6-8-16(4)17(5,9-7-13)20-11-10-18-16/h12,18H,6-11H2,1-5H3/b13-12-. The molecule has 2 unspecified atom stereocenters. The minimum absolute atomic E-state index is 0.0191.